The maximum atomic E-state index is 12.6. The van der Waals surface area contributed by atoms with E-state index in [1.165, 1.54) is 35.1 Å². The van der Waals surface area contributed by atoms with E-state index in [1.54, 1.807) is 4.68 Å². The molecule has 3 heterocycles. The van der Waals surface area contributed by atoms with Crippen LogP contribution >= 0.6 is 23.1 Å². The van der Waals surface area contributed by atoms with Gasteiger partial charge in [-0.15, -0.1) is 21.5 Å². The fourth-order valence-electron chi connectivity index (χ4n) is 3.64. The van der Waals surface area contributed by atoms with Crippen molar-refractivity contribution in [3.63, 3.8) is 0 Å². The van der Waals surface area contributed by atoms with Crippen LogP contribution in [0.5, 0.6) is 0 Å². The zero-order chi connectivity index (χ0) is 22.0. The number of amides is 1. The Balaban J connectivity index is 1.41. The number of methoxy groups -OCH3 is 1. The van der Waals surface area contributed by atoms with Crippen molar-refractivity contribution in [2.24, 2.45) is 0 Å². The molecule has 162 valence electrons. The zero-order valence-corrected chi connectivity index (χ0v) is 19.2. The molecule has 0 saturated carbocycles. The van der Waals surface area contributed by atoms with Gasteiger partial charge in [-0.3, -0.25) is 4.79 Å². The van der Waals surface area contributed by atoms with Crippen LogP contribution in [0.15, 0.2) is 23.2 Å². The second-order valence-electron chi connectivity index (χ2n) is 7.31. The molecule has 0 radical (unpaired) electrons. The van der Waals surface area contributed by atoms with E-state index in [0.717, 1.165) is 42.6 Å². The standard InChI is InChI=1S/C21H23N5O3S2/c1-12-10-13(2)26(25-12)16-8-9-18(24-23-16)30-11-17(27)22-20-19(21(28)29-3)14-6-4-5-7-15(14)31-20/h8-10H,4-7,11H2,1-3H3,(H,22,27). The summed E-state index contributed by atoms with van der Waals surface area (Å²) in [7, 11) is 1.37. The van der Waals surface area contributed by atoms with Crippen molar-refractivity contribution in [2.75, 3.05) is 18.2 Å². The van der Waals surface area contributed by atoms with Crippen molar-refractivity contribution in [3.05, 3.63) is 45.6 Å². The van der Waals surface area contributed by atoms with Crippen LogP contribution in [0, 0.1) is 13.8 Å². The first-order valence-corrected chi connectivity index (χ1v) is 11.8. The number of carbonyl (C=O) groups excluding carboxylic acids is 2. The molecule has 0 saturated heterocycles. The molecule has 1 aliphatic rings. The second-order valence-corrected chi connectivity index (χ2v) is 9.41. The molecule has 1 amide bonds. The summed E-state index contributed by atoms with van der Waals surface area (Å²) in [5.41, 5.74) is 3.42. The Morgan fingerprint density at radius 2 is 2.03 bits per heavy atom. The summed E-state index contributed by atoms with van der Waals surface area (Å²) >= 11 is 2.77. The molecule has 0 fully saturated rings. The van der Waals surface area contributed by atoms with Gasteiger partial charge in [0.15, 0.2) is 5.82 Å². The van der Waals surface area contributed by atoms with Crippen molar-refractivity contribution in [3.8, 4) is 5.82 Å². The fraction of sp³-hybridized carbons (Fsp3) is 0.381. The number of thiophene rings is 1. The van der Waals surface area contributed by atoms with Gasteiger partial charge in [-0.1, -0.05) is 11.8 Å². The molecule has 0 bridgehead atoms. The smallest absolute Gasteiger partial charge is 0.341 e. The average molecular weight is 458 g/mol. The number of ether oxygens (including phenoxy) is 1. The molecule has 0 unspecified atom stereocenters. The number of fused-ring (bicyclic) bond motifs is 1. The minimum absolute atomic E-state index is 0.164. The van der Waals surface area contributed by atoms with Crippen LogP contribution in [0.2, 0.25) is 0 Å². The number of carbonyl (C=O) groups is 2. The van der Waals surface area contributed by atoms with Gasteiger partial charge in [0.25, 0.3) is 0 Å². The Morgan fingerprint density at radius 3 is 2.71 bits per heavy atom. The van der Waals surface area contributed by atoms with E-state index in [-0.39, 0.29) is 11.7 Å². The van der Waals surface area contributed by atoms with Crippen LogP contribution in [-0.2, 0) is 22.4 Å². The lowest BCUT2D eigenvalue weighted by Gasteiger charge is -2.11. The number of hydrogen-bond donors (Lipinski definition) is 1. The highest BCUT2D eigenvalue weighted by molar-refractivity contribution is 7.99. The van der Waals surface area contributed by atoms with Crippen LogP contribution in [0.25, 0.3) is 5.82 Å². The van der Waals surface area contributed by atoms with E-state index < -0.39 is 5.97 Å². The lowest BCUT2D eigenvalue weighted by molar-refractivity contribution is -0.113. The Bertz CT molecular complexity index is 1120. The molecule has 0 atom stereocenters. The van der Waals surface area contributed by atoms with Gasteiger partial charge in [0, 0.05) is 10.6 Å². The van der Waals surface area contributed by atoms with Crippen molar-refractivity contribution < 1.29 is 14.3 Å². The number of aryl methyl sites for hydroxylation is 3. The summed E-state index contributed by atoms with van der Waals surface area (Å²) in [4.78, 5) is 26.0. The number of esters is 1. The lowest BCUT2D eigenvalue weighted by Crippen LogP contribution is -2.16. The summed E-state index contributed by atoms with van der Waals surface area (Å²) in [5.74, 6) is 0.203. The highest BCUT2D eigenvalue weighted by Gasteiger charge is 2.26. The molecule has 1 N–H and O–H groups in total. The van der Waals surface area contributed by atoms with Crippen LogP contribution < -0.4 is 5.32 Å². The summed E-state index contributed by atoms with van der Waals surface area (Å²) < 4.78 is 6.69. The van der Waals surface area contributed by atoms with Crippen molar-refractivity contribution in [2.45, 2.75) is 44.6 Å². The summed E-state index contributed by atoms with van der Waals surface area (Å²) in [6.45, 7) is 3.88. The molecule has 31 heavy (non-hydrogen) atoms. The largest absolute Gasteiger partial charge is 0.465 e. The number of anilines is 1. The van der Waals surface area contributed by atoms with Crippen LogP contribution in [-0.4, -0.2) is 44.7 Å². The molecule has 0 aliphatic heterocycles. The topological polar surface area (TPSA) is 99.0 Å². The third-order valence-corrected chi connectivity index (χ3v) is 7.14. The molecule has 1 aliphatic carbocycles. The van der Waals surface area contributed by atoms with E-state index in [4.69, 9.17) is 4.74 Å². The quantitative estimate of drug-likeness (QED) is 0.445. The Labute approximate surface area is 188 Å². The van der Waals surface area contributed by atoms with E-state index in [1.807, 2.05) is 32.0 Å². The van der Waals surface area contributed by atoms with Crippen molar-refractivity contribution in [1.82, 2.24) is 20.0 Å². The van der Waals surface area contributed by atoms with Crippen molar-refractivity contribution in [1.29, 1.82) is 0 Å². The number of aromatic nitrogens is 4. The van der Waals surface area contributed by atoms with Gasteiger partial charge in [0.2, 0.25) is 5.91 Å². The van der Waals surface area contributed by atoms with Crippen LogP contribution in [0.3, 0.4) is 0 Å². The average Bonchev–Trinajstić information content (AvgIpc) is 3.30. The zero-order valence-electron chi connectivity index (χ0n) is 17.6. The highest BCUT2D eigenvalue weighted by atomic mass is 32.2. The molecule has 0 spiro atoms. The van der Waals surface area contributed by atoms with Gasteiger partial charge < -0.3 is 10.1 Å². The Hall–Kier alpha value is -2.72. The minimum Gasteiger partial charge on any atom is -0.465 e. The fourth-order valence-corrected chi connectivity index (χ4v) is 5.55. The van der Waals surface area contributed by atoms with Crippen LogP contribution in [0.4, 0.5) is 5.00 Å². The maximum absolute atomic E-state index is 12.6. The van der Waals surface area contributed by atoms with Gasteiger partial charge in [0.1, 0.15) is 10.0 Å². The Morgan fingerprint density at radius 1 is 1.23 bits per heavy atom. The maximum Gasteiger partial charge on any atom is 0.341 e. The lowest BCUT2D eigenvalue weighted by atomic mass is 9.95. The van der Waals surface area contributed by atoms with Gasteiger partial charge in [-0.25, -0.2) is 9.48 Å². The van der Waals surface area contributed by atoms with Crippen molar-refractivity contribution >= 4 is 40.0 Å². The molecule has 4 rings (SSSR count). The summed E-state index contributed by atoms with van der Waals surface area (Å²) in [6, 6.07) is 5.62. The molecule has 3 aromatic rings. The molecule has 3 aromatic heterocycles. The van der Waals surface area contributed by atoms with Crippen LogP contribution in [0.1, 0.15) is 45.0 Å². The monoisotopic (exact) mass is 457 g/mol. The molecule has 0 aromatic carbocycles. The summed E-state index contributed by atoms with van der Waals surface area (Å²) in [5, 5.41) is 16.9. The van der Waals surface area contributed by atoms with Gasteiger partial charge in [0.05, 0.1) is 24.1 Å². The minimum atomic E-state index is -0.395. The summed E-state index contributed by atoms with van der Waals surface area (Å²) in [6.07, 6.45) is 3.93. The van der Waals surface area contributed by atoms with Gasteiger partial charge >= 0.3 is 5.97 Å². The first-order valence-electron chi connectivity index (χ1n) is 9.99. The molecule has 8 nitrogen and oxygen atoms in total. The van der Waals surface area contributed by atoms with Gasteiger partial charge in [-0.05, 0) is 63.3 Å². The first-order chi connectivity index (χ1) is 15.0. The number of hydrogen-bond acceptors (Lipinski definition) is 8. The normalized spacial score (nSPS) is 13.0. The Kier molecular flexibility index (Phi) is 6.38. The molecule has 10 heteroatoms. The van der Waals surface area contributed by atoms with Gasteiger partial charge in [-0.2, -0.15) is 5.10 Å². The first kappa shape index (κ1) is 21.5. The number of rotatable bonds is 6. The second kappa shape index (κ2) is 9.19. The molecular weight excluding hydrogens is 434 g/mol. The van der Waals surface area contributed by atoms with E-state index in [9.17, 15) is 9.59 Å². The third kappa shape index (κ3) is 4.64. The number of nitrogens with zero attached hydrogens (tertiary/aromatic N) is 4. The predicted molar refractivity (Wildman–Crippen MR) is 120 cm³/mol. The molecular formula is C21H23N5O3S2. The highest BCUT2D eigenvalue weighted by Crippen LogP contribution is 2.38. The predicted octanol–water partition coefficient (Wildman–Crippen LogP) is 3.74. The third-order valence-electron chi connectivity index (χ3n) is 5.02. The van der Waals surface area contributed by atoms with E-state index in [2.05, 4.69) is 20.6 Å². The SMILES string of the molecule is COC(=O)c1c(NC(=O)CSc2ccc(-n3nc(C)cc3C)nn2)sc2c1CCCC2. The number of nitrogens with one attached hydrogen (secondary N) is 1. The van der Waals surface area contributed by atoms with E-state index in [0.29, 0.717) is 21.4 Å². The van der Waals surface area contributed by atoms with E-state index >= 15 is 0 Å². The number of thioether (sulfide) groups is 1.